The molecule has 0 aromatic heterocycles. The fourth-order valence-corrected chi connectivity index (χ4v) is 10.3. The van der Waals surface area contributed by atoms with Crippen LogP contribution in [0.1, 0.15) is 303 Å². The number of aliphatic hydroxyl groups excluding tert-OH is 7. The highest BCUT2D eigenvalue weighted by atomic mass is 16.7. The third-order valence-corrected chi connectivity index (χ3v) is 15.3. The number of unbranched alkanes of at least 4 members (excludes halogenated alkanes) is 40. The first-order valence-electron chi connectivity index (χ1n) is 31.1. The smallest absolute Gasteiger partial charge is 0.249 e. The van der Waals surface area contributed by atoms with Gasteiger partial charge in [-0.15, -0.1) is 0 Å². The molecule has 72 heavy (non-hydrogen) atoms. The van der Waals surface area contributed by atoms with Crippen molar-refractivity contribution in [3.8, 4) is 0 Å². The molecule has 428 valence electrons. The van der Waals surface area contributed by atoms with Crippen molar-refractivity contribution in [2.75, 3.05) is 13.2 Å². The summed E-state index contributed by atoms with van der Waals surface area (Å²) < 4.78 is 11.2. The highest BCUT2D eigenvalue weighted by Crippen LogP contribution is 2.24. The maximum Gasteiger partial charge on any atom is 0.249 e. The lowest BCUT2D eigenvalue weighted by atomic mass is 9.98. The van der Waals surface area contributed by atoms with Crippen molar-refractivity contribution in [1.82, 2.24) is 5.32 Å². The molecular weight excluding hydrogens is 907 g/mol. The molecule has 0 aliphatic carbocycles. The normalized spacial score (nSPS) is 20.0. The highest BCUT2D eigenvalue weighted by molar-refractivity contribution is 5.80. The van der Waals surface area contributed by atoms with Gasteiger partial charge in [0.05, 0.1) is 25.4 Å². The molecule has 1 heterocycles. The zero-order valence-corrected chi connectivity index (χ0v) is 46.9. The quantitative estimate of drug-likeness (QED) is 0.0215. The lowest BCUT2D eigenvalue weighted by Crippen LogP contribution is -2.60. The van der Waals surface area contributed by atoms with Crippen molar-refractivity contribution < 1.29 is 50.0 Å². The van der Waals surface area contributed by atoms with Crippen LogP contribution in [0.4, 0.5) is 0 Å². The molecule has 0 saturated carbocycles. The number of carbonyl (C=O) groups excluding carboxylic acids is 1. The molecule has 11 nitrogen and oxygen atoms in total. The van der Waals surface area contributed by atoms with Crippen molar-refractivity contribution in [2.45, 2.75) is 358 Å². The first-order valence-corrected chi connectivity index (χ1v) is 31.1. The number of amides is 1. The van der Waals surface area contributed by atoms with Crippen LogP contribution in [0.15, 0.2) is 12.2 Å². The number of hydrogen-bond acceptors (Lipinski definition) is 10. The molecule has 0 spiro atoms. The van der Waals surface area contributed by atoms with E-state index in [4.69, 9.17) is 9.47 Å². The van der Waals surface area contributed by atoms with Gasteiger partial charge in [-0.05, 0) is 38.5 Å². The van der Waals surface area contributed by atoms with Gasteiger partial charge in [-0.1, -0.05) is 276 Å². The molecule has 1 fully saturated rings. The van der Waals surface area contributed by atoms with E-state index >= 15 is 0 Å². The molecular formula is C61H119NO10. The largest absolute Gasteiger partial charge is 0.394 e. The number of nitrogens with one attached hydrogen (secondary N) is 1. The van der Waals surface area contributed by atoms with Crippen molar-refractivity contribution in [2.24, 2.45) is 0 Å². The van der Waals surface area contributed by atoms with Crippen LogP contribution in [0.2, 0.25) is 0 Å². The molecule has 1 amide bonds. The Balaban J connectivity index is 2.29. The summed E-state index contributed by atoms with van der Waals surface area (Å²) >= 11 is 0. The summed E-state index contributed by atoms with van der Waals surface area (Å²) in [5, 5.41) is 76.3. The summed E-state index contributed by atoms with van der Waals surface area (Å²) in [6.45, 7) is 3.49. The Hall–Kier alpha value is -1.15. The number of allylic oxidation sites excluding steroid dienone is 2. The molecule has 9 atom stereocenters. The first kappa shape index (κ1) is 68.9. The van der Waals surface area contributed by atoms with Crippen LogP contribution >= 0.6 is 0 Å². The molecule has 0 radical (unpaired) electrons. The van der Waals surface area contributed by atoms with Gasteiger partial charge in [0.1, 0.15) is 36.6 Å². The molecule has 1 rings (SSSR count). The van der Waals surface area contributed by atoms with Crippen LogP contribution in [0.5, 0.6) is 0 Å². The summed E-state index contributed by atoms with van der Waals surface area (Å²) in [6.07, 6.45) is 48.5. The molecule has 0 bridgehead atoms. The predicted molar refractivity (Wildman–Crippen MR) is 298 cm³/mol. The summed E-state index contributed by atoms with van der Waals surface area (Å²) in [4.78, 5) is 13.2. The van der Waals surface area contributed by atoms with Crippen molar-refractivity contribution >= 4 is 5.91 Å². The third-order valence-electron chi connectivity index (χ3n) is 15.3. The van der Waals surface area contributed by atoms with Crippen LogP contribution in [-0.4, -0.2) is 110 Å². The van der Waals surface area contributed by atoms with Gasteiger partial charge in [-0.2, -0.15) is 0 Å². The van der Waals surface area contributed by atoms with Crippen LogP contribution in [-0.2, 0) is 14.3 Å². The van der Waals surface area contributed by atoms with Gasteiger partial charge in [0.2, 0.25) is 5.91 Å². The Morgan fingerprint density at radius 2 is 0.819 bits per heavy atom. The van der Waals surface area contributed by atoms with Crippen LogP contribution in [0.25, 0.3) is 0 Å². The average Bonchev–Trinajstić information content (AvgIpc) is 3.38. The van der Waals surface area contributed by atoms with Gasteiger partial charge in [-0.3, -0.25) is 4.79 Å². The Bertz CT molecular complexity index is 1180. The molecule has 1 aliphatic heterocycles. The fraction of sp³-hybridized carbons (Fsp3) is 0.951. The van der Waals surface area contributed by atoms with E-state index in [1.807, 2.05) is 0 Å². The number of carbonyl (C=O) groups is 1. The lowest BCUT2D eigenvalue weighted by Gasteiger charge is -2.40. The standard InChI is InChI=1S/C61H119NO10/c1-3-5-7-9-11-13-15-17-19-21-23-25-27-29-30-32-34-36-38-40-42-44-46-48-53(64)56(66)52(51-71-61-59(69)58(68)57(67)55(50-63)72-61)62-60(70)54(65)49-47-45-43-41-39-37-35-33-31-28-26-24-22-20-18-16-14-12-10-8-6-4-2/h40,42,52-59,61,63-69H,3-39,41,43-51H2,1-2H3,(H,62,70)/b42-40+. The summed E-state index contributed by atoms with van der Waals surface area (Å²) in [7, 11) is 0. The SMILES string of the molecule is CCCCCCCCCCCCCCCCCCCC/C=C/CCCC(O)C(O)C(COC1OC(CO)C(O)C(O)C1O)NC(=O)C(O)CCCCCCCCCCCCCCCCCCCCCCCC. The number of hydrogen-bond donors (Lipinski definition) is 8. The van der Waals surface area contributed by atoms with E-state index in [1.54, 1.807) is 0 Å². The van der Waals surface area contributed by atoms with E-state index < -0.39 is 74.2 Å². The van der Waals surface area contributed by atoms with Crippen LogP contribution < -0.4 is 5.32 Å². The van der Waals surface area contributed by atoms with Gasteiger partial charge in [0, 0.05) is 0 Å². The number of aliphatic hydroxyl groups is 7. The predicted octanol–water partition coefficient (Wildman–Crippen LogP) is 13.5. The monoisotopic (exact) mass is 1030 g/mol. The Morgan fingerprint density at radius 1 is 0.472 bits per heavy atom. The molecule has 0 aromatic rings. The van der Waals surface area contributed by atoms with Gasteiger partial charge < -0.3 is 50.5 Å². The summed E-state index contributed by atoms with van der Waals surface area (Å²) in [6, 6.07) is -1.18. The van der Waals surface area contributed by atoms with Crippen LogP contribution in [0.3, 0.4) is 0 Å². The minimum atomic E-state index is -1.67. The highest BCUT2D eigenvalue weighted by Gasteiger charge is 2.44. The Kier molecular flexibility index (Phi) is 48.4. The molecule has 9 unspecified atom stereocenters. The zero-order chi connectivity index (χ0) is 52.5. The molecule has 1 aliphatic rings. The Morgan fingerprint density at radius 3 is 1.19 bits per heavy atom. The second kappa shape index (κ2) is 50.7. The van der Waals surface area contributed by atoms with E-state index in [-0.39, 0.29) is 12.8 Å². The minimum Gasteiger partial charge on any atom is -0.394 e. The van der Waals surface area contributed by atoms with Gasteiger partial charge in [0.15, 0.2) is 6.29 Å². The van der Waals surface area contributed by atoms with E-state index in [0.717, 1.165) is 38.5 Å². The summed E-state index contributed by atoms with van der Waals surface area (Å²) in [5.41, 5.74) is 0. The fourth-order valence-electron chi connectivity index (χ4n) is 10.3. The average molecular weight is 1030 g/mol. The molecule has 1 saturated heterocycles. The lowest BCUT2D eigenvalue weighted by molar-refractivity contribution is -0.303. The minimum absolute atomic E-state index is 0.260. The summed E-state index contributed by atoms with van der Waals surface area (Å²) in [5.74, 6) is -0.699. The van der Waals surface area contributed by atoms with E-state index in [9.17, 15) is 40.5 Å². The number of rotatable bonds is 54. The number of ether oxygens (including phenoxy) is 2. The molecule has 8 N–H and O–H groups in total. The third kappa shape index (κ3) is 38.4. The van der Waals surface area contributed by atoms with Gasteiger partial charge in [0.25, 0.3) is 0 Å². The maximum absolute atomic E-state index is 13.2. The maximum atomic E-state index is 13.2. The van der Waals surface area contributed by atoms with E-state index in [2.05, 4.69) is 31.3 Å². The molecule has 0 aromatic carbocycles. The van der Waals surface area contributed by atoms with Crippen molar-refractivity contribution in [1.29, 1.82) is 0 Å². The van der Waals surface area contributed by atoms with E-state index in [1.165, 1.54) is 225 Å². The van der Waals surface area contributed by atoms with E-state index in [0.29, 0.717) is 12.8 Å². The Labute approximate surface area is 442 Å². The topological polar surface area (TPSA) is 189 Å². The van der Waals surface area contributed by atoms with Crippen molar-refractivity contribution in [3.63, 3.8) is 0 Å². The van der Waals surface area contributed by atoms with Crippen LogP contribution in [0, 0.1) is 0 Å². The second-order valence-electron chi connectivity index (χ2n) is 22.1. The second-order valence-corrected chi connectivity index (χ2v) is 22.1. The van der Waals surface area contributed by atoms with Crippen molar-refractivity contribution in [3.05, 3.63) is 12.2 Å². The molecule has 11 heteroatoms. The first-order chi connectivity index (χ1) is 35.2. The van der Waals surface area contributed by atoms with Gasteiger partial charge >= 0.3 is 0 Å². The van der Waals surface area contributed by atoms with Gasteiger partial charge in [-0.25, -0.2) is 0 Å². The zero-order valence-electron chi connectivity index (χ0n) is 46.9.